The minimum atomic E-state index is -0.241. The molecule has 1 N–H and O–H groups in total. The highest BCUT2D eigenvalue weighted by Crippen LogP contribution is 2.28. The predicted molar refractivity (Wildman–Crippen MR) is 96.6 cm³/mol. The van der Waals surface area contributed by atoms with Crippen molar-refractivity contribution in [1.82, 2.24) is 5.32 Å². The quantitative estimate of drug-likeness (QED) is 0.706. The van der Waals surface area contributed by atoms with Crippen molar-refractivity contribution in [2.75, 3.05) is 6.54 Å². The van der Waals surface area contributed by atoms with Crippen LogP contribution in [0.5, 0.6) is 0 Å². The van der Waals surface area contributed by atoms with Crippen LogP contribution in [0.25, 0.3) is 10.4 Å². The van der Waals surface area contributed by atoms with Crippen molar-refractivity contribution in [3.05, 3.63) is 83.0 Å². The summed E-state index contributed by atoms with van der Waals surface area (Å²) in [5, 5.41) is 2.92. The molecule has 0 aliphatic carbocycles. The lowest BCUT2D eigenvalue weighted by Crippen LogP contribution is -2.26. The molecule has 0 atom stereocenters. The average molecular weight is 339 g/mol. The maximum absolute atomic E-state index is 12.8. The van der Waals surface area contributed by atoms with Crippen molar-refractivity contribution in [1.29, 1.82) is 0 Å². The van der Waals surface area contributed by atoms with Gasteiger partial charge in [-0.15, -0.1) is 11.3 Å². The Morgan fingerprint density at radius 1 is 0.958 bits per heavy atom. The van der Waals surface area contributed by atoms with Crippen LogP contribution in [0.3, 0.4) is 0 Å². The molecule has 1 amide bonds. The smallest absolute Gasteiger partial charge is 0.225 e. The number of halogens is 1. The molecule has 0 aliphatic rings. The summed E-state index contributed by atoms with van der Waals surface area (Å²) in [6, 6.07) is 20.6. The molecule has 0 spiro atoms. The molecule has 1 aromatic heterocycles. The Hall–Kier alpha value is -2.46. The van der Waals surface area contributed by atoms with E-state index in [0.717, 1.165) is 10.4 Å². The number of thiophene rings is 1. The Bertz CT molecular complexity index is 796. The average Bonchev–Trinajstić information content (AvgIpc) is 3.06. The Kier molecular flexibility index (Phi) is 5.39. The lowest BCUT2D eigenvalue weighted by atomic mass is 10.1. The van der Waals surface area contributed by atoms with E-state index in [0.29, 0.717) is 19.4 Å². The molecule has 4 heteroatoms. The van der Waals surface area contributed by atoms with Gasteiger partial charge in [0.15, 0.2) is 0 Å². The maximum Gasteiger partial charge on any atom is 0.225 e. The maximum atomic E-state index is 12.8. The molecule has 0 aliphatic heterocycles. The highest BCUT2D eigenvalue weighted by Gasteiger charge is 2.07. The number of nitrogens with one attached hydrogen (secondary N) is 1. The summed E-state index contributed by atoms with van der Waals surface area (Å²) in [6.45, 7) is 0.557. The number of hydrogen-bond donors (Lipinski definition) is 1. The van der Waals surface area contributed by atoms with E-state index in [2.05, 4.69) is 23.5 Å². The van der Waals surface area contributed by atoms with Gasteiger partial charge in [0, 0.05) is 16.3 Å². The molecule has 0 saturated heterocycles. The Labute approximate surface area is 145 Å². The van der Waals surface area contributed by atoms with Gasteiger partial charge in [-0.25, -0.2) is 4.39 Å². The van der Waals surface area contributed by atoms with Crippen LogP contribution in [0, 0.1) is 5.82 Å². The highest BCUT2D eigenvalue weighted by molar-refractivity contribution is 7.15. The predicted octanol–water partition coefficient (Wildman–Crippen LogP) is 4.46. The van der Waals surface area contributed by atoms with E-state index in [-0.39, 0.29) is 11.7 Å². The topological polar surface area (TPSA) is 29.1 Å². The summed E-state index contributed by atoms with van der Waals surface area (Å²) >= 11 is 1.64. The fourth-order valence-corrected chi connectivity index (χ4v) is 3.46. The van der Waals surface area contributed by atoms with Crippen LogP contribution in [0.2, 0.25) is 0 Å². The van der Waals surface area contributed by atoms with Crippen molar-refractivity contribution in [2.45, 2.75) is 12.8 Å². The first-order chi connectivity index (χ1) is 11.7. The van der Waals surface area contributed by atoms with Crippen molar-refractivity contribution in [3.8, 4) is 10.4 Å². The Balaban J connectivity index is 1.48. The molecule has 0 unspecified atom stereocenters. The number of rotatable bonds is 6. The van der Waals surface area contributed by atoms with Gasteiger partial charge in [-0.1, -0.05) is 42.5 Å². The zero-order valence-corrected chi connectivity index (χ0v) is 14.0. The monoisotopic (exact) mass is 339 g/mol. The summed E-state index contributed by atoms with van der Waals surface area (Å²) in [5.41, 5.74) is 2.18. The molecule has 3 rings (SSSR count). The lowest BCUT2D eigenvalue weighted by Gasteiger charge is -2.04. The molecule has 24 heavy (non-hydrogen) atoms. The van der Waals surface area contributed by atoms with Crippen LogP contribution in [-0.2, 0) is 17.6 Å². The van der Waals surface area contributed by atoms with E-state index in [1.165, 1.54) is 22.6 Å². The minimum Gasteiger partial charge on any atom is -0.355 e. The zero-order chi connectivity index (χ0) is 16.8. The molecule has 3 aromatic rings. The summed E-state index contributed by atoms with van der Waals surface area (Å²) in [6.07, 6.45) is 1.09. The van der Waals surface area contributed by atoms with Gasteiger partial charge < -0.3 is 5.32 Å². The van der Waals surface area contributed by atoms with Crippen LogP contribution in [0.15, 0.2) is 66.7 Å². The molecule has 0 fully saturated rings. The van der Waals surface area contributed by atoms with Crippen molar-refractivity contribution in [2.24, 2.45) is 0 Å². The third-order valence-electron chi connectivity index (χ3n) is 3.70. The van der Waals surface area contributed by atoms with Gasteiger partial charge in [0.1, 0.15) is 5.82 Å². The number of benzene rings is 2. The van der Waals surface area contributed by atoms with Gasteiger partial charge in [0.2, 0.25) is 5.91 Å². The second-order valence-corrected chi connectivity index (χ2v) is 6.70. The van der Waals surface area contributed by atoms with Crippen LogP contribution in [0.4, 0.5) is 4.39 Å². The molecular formula is C20H18FNOS. The number of hydrogen-bond acceptors (Lipinski definition) is 2. The molecule has 122 valence electrons. The van der Waals surface area contributed by atoms with Crippen LogP contribution < -0.4 is 5.32 Å². The van der Waals surface area contributed by atoms with Crippen LogP contribution in [0.1, 0.15) is 10.4 Å². The first kappa shape index (κ1) is 16.4. The third kappa shape index (κ3) is 4.52. The molecule has 2 aromatic carbocycles. The first-order valence-electron chi connectivity index (χ1n) is 7.86. The number of amides is 1. The van der Waals surface area contributed by atoms with Crippen molar-refractivity contribution >= 4 is 17.2 Å². The van der Waals surface area contributed by atoms with E-state index in [1.807, 2.05) is 24.3 Å². The second kappa shape index (κ2) is 7.88. The standard InChI is InChI=1S/C20H18FNOS/c21-17-8-6-15(7-9-17)12-13-22-20(23)14-18-10-11-19(24-18)16-4-2-1-3-5-16/h1-11H,12-14H2,(H,22,23). The summed E-state index contributed by atoms with van der Waals surface area (Å²) in [7, 11) is 0. The number of carbonyl (C=O) groups excluding carboxylic acids is 1. The van der Waals surface area contributed by atoms with Crippen molar-refractivity contribution < 1.29 is 9.18 Å². The summed E-state index contributed by atoms with van der Waals surface area (Å²) in [4.78, 5) is 14.3. The van der Waals surface area contributed by atoms with Crippen LogP contribution in [-0.4, -0.2) is 12.5 Å². The van der Waals surface area contributed by atoms with Gasteiger partial charge in [-0.2, -0.15) is 0 Å². The fraction of sp³-hybridized carbons (Fsp3) is 0.150. The van der Waals surface area contributed by atoms with E-state index < -0.39 is 0 Å². The van der Waals surface area contributed by atoms with Gasteiger partial charge in [0.25, 0.3) is 0 Å². The second-order valence-electron chi connectivity index (χ2n) is 5.54. The summed E-state index contributed by atoms with van der Waals surface area (Å²) < 4.78 is 12.8. The Morgan fingerprint density at radius 2 is 1.71 bits per heavy atom. The van der Waals surface area contributed by atoms with E-state index >= 15 is 0 Å². The third-order valence-corrected chi connectivity index (χ3v) is 4.84. The van der Waals surface area contributed by atoms with Crippen LogP contribution >= 0.6 is 11.3 Å². The molecule has 2 nitrogen and oxygen atoms in total. The van der Waals surface area contributed by atoms with Crippen molar-refractivity contribution in [3.63, 3.8) is 0 Å². The number of carbonyl (C=O) groups is 1. The normalized spacial score (nSPS) is 10.5. The van der Waals surface area contributed by atoms with Gasteiger partial charge >= 0.3 is 0 Å². The lowest BCUT2D eigenvalue weighted by molar-refractivity contribution is -0.120. The van der Waals surface area contributed by atoms with E-state index in [9.17, 15) is 9.18 Å². The SMILES string of the molecule is O=C(Cc1ccc(-c2ccccc2)s1)NCCc1ccc(F)cc1. The van der Waals surface area contributed by atoms with Gasteiger partial charge in [-0.3, -0.25) is 4.79 Å². The van der Waals surface area contributed by atoms with Gasteiger partial charge in [0.05, 0.1) is 6.42 Å². The zero-order valence-electron chi connectivity index (χ0n) is 13.2. The fourth-order valence-electron chi connectivity index (χ4n) is 2.45. The molecule has 1 heterocycles. The molecule has 0 bridgehead atoms. The molecular weight excluding hydrogens is 321 g/mol. The first-order valence-corrected chi connectivity index (χ1v) is 8.67. The van der Waals surface area contributed by atoms with E-state index in [4.69, 9.17) is 0 Å². The minimum absolute atomic E-state index is 0.0126. The van der Waals surface area contributed by atoms with E-state index in [1.54, 1.807) is 23.5 Å². The summed E-state index contributed by atoms with van der Waals surface area (Å²) in [5.74, 6) is -0.228. The Morgan fingerprint density at radius 3 is 2.46 bits per heavy atom. The highest BCUT2D eigenvalue weighted by atomic mass is 32.1. The van der Waals surface area contributed by atoms with Gasteiger partial charge in [-0.05, 0) is 41.8 Å². The largest absolute Gasteiger partial charge is 0.355 e. The molecule has 0 saturated carbocycles. The molecule has 0 radical (unpaired) electrons.